The van der Waals surface area contributed by atoms with Gasteiger partial charge in [0.05, 0.1) is 10.6 Å². The maximum Gasteiger partial charge on any atom is 0.221 e. The van der Waals surface area contributed by atoms with Gasteiger partial charge in [-0.25, -0.2) is 8.42 Å². The molecule has 0 fully saturated rings. The number of aryl methyl sites for hydroxylation is 2. The predicted octanol–water partition coefficient (Wildman–Crippen LogP) is 3.24. The average Bonchev–Trinajstić information content (AvgIpc) is 2.36. The number of anilines is 1. The summed E-state index contributed by atoms with van der Waals surface area (Å²) in [5.41, 5.74) is 3.46. The molecule has 0 aliphatic carbocycles. The first-order valence-electron chi connectivity index (χ1n) is 6.94. The maximum atomic E-state index is 12.5. The van der Waals surface area contributed by atoms with Gasteiger partial charge in [-0.15, -0.1) is 0 Å². The number of sulfone groups is 1. The second kappa shape index (κ2) is 6.32. The van der Waals surface area contributed by atoms with Crippen LogP contribution in [0.15, 0.2) is 47.4 Å². The van der Waals surface area contributed by atoms with Gasteiger partial charge in [0, 0.05) is 12.6 Å². The molecule has 0 heterocycles. The normalized spacial score (nSPS) is 11.2. The molecule has 0 unspecified atom stereocenters. The molecule has 1 N–H and O–H groups in total. The highest BCUT2D eigenvalue weighted by Crippen LogP contribution is 2.20. The van der Waals surface area contributed by atoms with Crippen molar-refractivity contribution in [3.8, 4) is 0 Å². The Balaban J connectivity index is 2.24. The van der Waals surface area contributed by atoms with E-state index in [-0.39, 0.29) is 16.6 Å². The van der Waals surface area contributed by atoms with E-state index in [1.165, 1.54) is 19.1 Å². The van der Waals surface area contributed by atoms with Gasteiger partial charge in [-0.1, -0.05) is 29.3 Å². The van der Waals surface area contributed by atoms with Gasteiger partial charge < -0.3 is 5.32 Å². The van der Waals surface area contributed by atoms with Crippen molar-refractivity contribution in [3.05, 3.63) is 59.2 Å². The van der Waals surface area contributed by atoms with Crippen LogP contribution in [0.4, 0.5) is 5.69 Å². The molecule has 5 heteroatoms. The highest BCUT2D eigenvalue weighted by Gasteiger charge is 2.15. The highest BCUT2D eigenvalue weighted by atomic mass is 32.2. The lowest BCUT2D eigenvalue weighted by Crippen LogP contribution is -2.07. The number of amides is 1. The Labute approximate surface area is 131 Å². The molecule has 2 aromatic carbocycles. The van der Waals surface area contributed by atoms with Crippen LogP contribution in [0.3, 0.4) is 0 Å². The fourth-order valence-corrected chi connectivity index (χ4v) is 3.73. The van der Waals surface area contributed by atoms with E-state index in [9.17, 15) is 13.2 Å². The molecule has 22 heavy (non-hydrogen) atoms. The lowest BCUT2D eigenvalue weighted by atomic mass is 10.1. The van der Waals surface area contributed by atoms with Gasteiger partial charge >= 0.3 is 0 Å². The molecule has 0 saturated heterocycles. The Hall–Kier alpha value is -2.14. The molecule has 2 aromatic rings. The van der Waals surface area contributed by atoms with Crippen LogP contribution in [0.1, 0.15) is 23.6 Å². The van der Waals surface area contributed by atoms with E-state index in [0.29, 0.717) is 5.69 Å². The second-order valence-electron chi connectivity index (χ2n) is 5.46. The van der Waals surface area contributed by atoms with Crippen LogP contribution in [0, 0.1) is 13.8 Å². The molecular weight excluding hydrogens is 298 g/mol. The Morgan fingerprint density at radius 3 is 2.05 bits per heavy atom. The molecule has 0 bridgehead atoms. The zero-order valence-corrected chi connectivity index (χ0v) is 13.7. The summed E-state index contributed by atoms with van der Waals surface area (Å²) in [4.78, 5) is 11.2. The summed E-state index contributed by atoms with van der Waals surface area (Å²) in [7, 11) is -3.40. The summed E-state index contributed by atoms with van der Waals surface area (Å²) in [5.74, 6) is -0.222. The van der Waals surface area contributed by atoms with Crippen molar-refractivity contribution in [3.63, 3.8) is 0 Å². The van der Waals surface area contributed by atoms with Gasteiger partial charge in [0.1, 0.15) is 0 Å². The number of hydrogen-bond donors (Lipinski definition) is 1. The van der Waals surface area contributed by atoms with Crippen LogP contribution in [0.2, 0.25) is 0 Å². The third-order valence-electron chi connectivity index (χ3n) is 3.17. The van der Waals surface area contributed by atoms with Gasteiger partial charge in [0.25, 0.3) is 0 Å². The molecule has 1 amide bonds. The van der Waals surface area contributed by atoms with Crippen LogP contribution in [0.5, 0.6) is 0 Å². The summed E-state index contributed by atoms with van der Waals surface area (Å²) in [6, 6.07) is 12.0. The standard InChI is InChI=1S/C17H19NO3S/c1-12-8-13(2)10-15(9-12)11-22(20,21)17-6-4-16(5-7-17)18-14(3)19/h4-10H,11H2,1-3H3,(H,18,19). The largest absolute Gasteiger partial charge is 0.326 e. The first kappa shape index (κ1) is 16.2. The molecule has 4 nitrogen and oxygen atoms in total. The molecule has 0 spiro atoms. The zero-order chi connectivity index (χ0) is 16.3. The van der Waals surface area contributed by atoms with Gasteiger partial charge in [0.2, 0.25) is 5.91 Å². The summed E-state index contributed by atoms with van der Waals surface area (Å²) in [6.45, 7) is 5.31. The number of hydrogen-bond acceptors (Lipinski definition) is 3. The van der Waals surface area contributed by atoms with Crippen LogP contribution >= 0.6 is 0 Å². The molecule has 0 saturated carbocycles. The van der Waals surface area contributed by atoms with Crippen molar-refractivity contribution < 1.29 is 13.2 Å². The molecule has 0 atom stereocenters. The number of carbonyl (C=O) groups excluding carboxylic acids is 1. The molecule has 0 aliphatic heterocycles. The van der Waals surface area contributed by atoms with Crippen molar-refractivity contribution >= 4 is 21.4 Å². The SMILES string of the molecule is CC(=O)Nc1ccc(S(=O)(=O)Cc2cc(C)cc(C)c2)cc1. The summed E-state index contributed by atoms with van der Waals surface area (Å²) in [6.07, 6.45) is 0. The Bertz CT molecular complexity index is 773. The number of nitrogens with one attached hydrogen (secondary N) is 1. The Morgan fingerprint density at radius 1 is 1.00 bits per heavy atom. The minimum absolute atomic E-state index is 0.0327. The minimum atomic E-state index is -3.40. The van der Waals surface area contributed by atoms with E-state index in [1.807, 2.05) is 32.0 Å². The Morgan fingerprint density at radius 2 is 1.55 bits per heavy atom. The zero-order valence-electron chi connectivity index (χ0n) is 12.9. The van der Waals surface area contributed by atoms with E-state index < -0.39 is 9.84 Å². The molecule has 2 rings (SSSR count). The maximum absolute atomic E-state index is 12.5. The highest BCUT2D eigenvalue weighted by molar-refractivity contribution is 7.90. The monoisotopic (exact) mass is 317 g/mol. The fourth-order valence-electron chi connectivity index (χ4n) is 2.40. The summed E-state index contributed by atoms with van der Waals surface area (Å²) < 4.78 is 24.9. The topological polar surface area (TPSA) is 63.2 Å². The molecular formula is C17H19NO3S. The van der Waals surface area contributed by atoms with E-state index in [0.717, 1.165) is 16.7 Å². The van der Waals surface area contributed by atoms with E-state index in [2.05, 4.69) is 5.32 Å². The van der Waals surface area contributed by atoms with Crippen LogP contribution < -0.4 is 5.32 Å². The van der Waals surface area contributed by atoms with Gasteiger partial charge in [-0.05, 0) is 43.7 Å². The first-order chi connectivity index (χ1) is 10.3. The quantitative estimate of drug-likeness (QED) is 0.941. The van der Waals surface area contributed by atoms with Gasteiger partial charge in [-0.2, -0.15) is 0 Å². The van der Waals surface area contributed by atoms with Crippen molar-refractivity contribution in [2.24, 2.45) is 0 Å². The summed E-state index contributed by atoms with van der Waals surface area (Å²) >= 11 is 0. The van der Waals surface area contributed by atoms with E-state index in [4.69, 9.17) is 0 Å². The smallest absolute Gasteiger partial charge is 0.221 e. The number of carbonyl (C=O) groups is 1. The third kappa shape index (κ3) is 4.18. The number of rotatable bonds is 4. The minimum Gasteiger partial charge on any atom is -0.326 e. The first-order valence-corrected chi connectivity index (χ1v) is 8.59. The molecule has 0 aliphatic rings. The van der Waals surface area contributed by atoms with Crippen molar-refractivity contribution in [1.82, 2.24) is 0 Å². The van der Waals surface area contributed by atoms with E-state index >= 15 is 0 Å². The summed E-state index contributed by atoms with van der Waals surface area (Å²) in [5, 5.41) is 2.61. The molecule has 116 valence electrons. The van der Waals surface area contributed by atoms with Crippen molar-refractivity contribution in [2.45, 2.75) is 31.4 Å². The van der Waals surface area contributed by atoms with Crippen molar-refractivity contribution in [1.29, 1.82) is 0 Å². The third-order valence-corrected chi connectivity index (χ3v) is 4.88. The van der Waals surface area contributed by atoms with Crippen LogP contribution in [0.25, 0.3) is 0 Å². The van der Waals surface area contributed by atoms with E-state index in [1.54, 1.807) is 12.1 Å². The molecule has 0 radical (unpaired) electrons. The van der Waals surface area contributed by atoms with Crippen LogP contribution in [-0.4, -0.2) is 14.3 Å². The van der Waals surface area contributed by atoms with Gasteiger partial charge in [0.15, 0.2) is 9.84 Å². The lowest BCUT2D eigenvalue weighted by Gasteiger charge is -2.08. The lowest BCUT2D eigenvalue weighted by molar-refractivity contribution is -0.114. The van der Waals surface area contributed by atoms with Crippen molar-refractivity contribution in [2.75, 3.05) is 5.32 Å². The second-order valence-corrected chi connectivity index (χ2v) is 7.45. The van der Waals surface area contributed by atoms with Gasteiger partial charge in [-0.3, -0.25) is 4.79 Å². The molecule has 0 aromatic heterocycles. The number of benzene rings is 2. The average molecular weight is 317 g/mol. The fraction of sp³-hybridized carbons (Fsp3) is 0.235. The Kier molecular flexibility index (Phi) is 4.66. The van der Waals surface area contributed by atoms with Crippen LogP contribution in [-0.2, 0) is 20.4 Å². The predicted molar refractivity (Wildman–Crippen MR) is 87.6 cm³/mol.